The fraction of sp³-hybridized carbons (Fsp3) is 0.182. The van der Waals surface area contributed by atoms with Crippen molar-refractivity contribution in [3.05, 3.63) is 40.9 Å². The molecule has 0 aliphatic rings. The van der Waals surface area contributed by atoms with E-state index in [1.54, 1.807) is 35.4 Å². The van der Waals surface area contributed by atoms with Crippen LogP contribution in [0.2, 0.25) is 0 Å². The van der Waals surface area contributed by atoms with E-state index < -0.39 is 0 Å². The molecule has 2 aromatic heterocycles. The number of nitrogens with zero attached hydrogens (tertiary/aromatic N) is 3. The topological polar surface area (TPSA) is 59.8 Å². The van der Waals surface area contributed by atoms with Gasteiger partial charge in [0.25, 0.3) is 0 Å². The first-order valence-electron chi connectivity index (χ1n) is 5.04. The van der Waals surface area contributed by atoms with Crippen LogP contribution in [0.5, 0.6) is 0 Å². The molecule has 17 heavy (non-hydrogen) atoms. The third-order valence-corrected chi connectivity index (χ3v) is 3.08. The molecule has 2 aromatic rings. The standard InChI is InChI=1S/C11H11BrN4O/c1-8-10(12)6-14-16(8)7-11(17)15-9-2-4-13-5-3-9/h2-6H,7H2,1H3,(H,13,15,17). The van der Waals surface area contributed by atoms with Crippen LogP contribution >= 0.6 is 15.9 Å². The van der Waals surface area contributed by atoms with Crippen LogP contribution in [0.15, 0.2) is 35.2 Å². The summed E-state index contributed by atoms with van der Waals surface area (Å²) in [6, 6.07) is 3.48. The summed E-state index contributed by atoms with van der Waals surface area (Å²) in [6.07, 6.45) is 4.94. The molecule has 0 aliphatic heterocycles. The first-order valence-corrected chi connectivity index (χ1v) is 5.84. The van der Waals surface area contributed by atoms with Crippen molar-refractivity contribution in [3.63, 3.8) is 0 Å². The SMILES string of the molecule is Cc1c(Br)cnn1CC(=O)Nc1ccncc1. The summed E-state index contributed by atoms with van der Waals surface area (Å²) in [5, 5.41) is 6.87. The molecule has 0 spiro atoms. The van der Waals surface area contributed by atoms with E-state index in [1.165, 1.54) is 0 Å². The fourth-order valence-electron chi connectivity index (χ4n) is 1.35. The number of amides is 1. The second-order valence-electron chi connectivity index (χ2n) is 3.52. The van der Waals surface area contributed by atoms with Crippen molar-refractivity contribution in [2.75, 3.05) is 5.32 Å². The van der Waals surface area contributed by atoms with E-state index in [0.29, 0.717) is 0 Å². The average molecular weight is 295 g/mol. The molecule has 6 heteroatoms. The van der Waals surface area contributed by atoms with E-state index in [4.69, 9.17) is 0 Å². The fourth-order valence-corrected chi connectivity index (χ4v) is 1.65. The quantitative estimate of drug-likeness (QED) is 0.942. The minimum atomic E-state index is -0.116. The summed E-state index contributed by atoms with van der Waals surface area (Å²) in [6.45, 7) is 2.09. The zero-order chi connectivity index (χ0) is 12.3. The van der Waals surface area contributed by atoms with Crippen LogP contribution < -0.4 is 5.32 Å². The molecule has 1 N–H and O–H groups in total. The highest BCUT2D eigenvalue weighted by molar-refractivity contribution is 9.10. The number of rotatable bonds is 3. The molecular weight excluding hydrogens is 284 g/mol. The lowest BCUT2D eigenvalue weighted by molar-refractivity contribution is -0.116. The van der Waals surface area contributed by atoms with Crippen molar-refractivity contribution in [1.82, 2.24) is 14.8 Å². The van der Waals surface area contributed by atoms with Gasteiger partial charge in [-0.1, -0.05) is 0 Å². The molecule has 2 heterocycles. The van der Waals surface area contributed by atoms with Gasteiger partial charge in [-0.3, -0.25) is 14.5 Å². The van der Waals surface area contributed by atoms with E-state index in [0.717, 1.165) is 15.9 Å². The summed E-state index contributed by atoms with van der Waals surface area (Å²) >= 11 is 3.35. The average Bonchev–Trinajstić information content (AvgIpc) is 2.62. The molecule has 0 atom stereocenters. The second kappa shape index (κ2) is 5.09. The number of aromatic nitrogens is 3. The van der Waals surface area contributed by atoms with E-state index >= 15 is 0 Å². The first-order chi connectivity index (χ1) is 8.16. The number of carbonyl (C=O) groups is 1. The Hall–Kier alpha value is -1.69. The molecule has 0 bridgehead atoms. The van der Waals surface area contributed by atoms with Crippen molar-refractivity contribution in [3.8, 4) is 0 Å². The van der Waals surface area contributed by atoms with E-state index in [1.807, 2.05) is 6.92 Å². The van der Waals surface area contributed by atoms with Gasteiger partial charge in [0, 0.05) is 18.1 Å². The van der Waals surface area contributed by atoms with Crippen LogP contribution in [-0.4, -0.2) is 20.7 Å². The Morgan fingerprint density at radius 3 is 2.76 bits per heavy atom. The summed E-state index contributed by atoms with van der Waals surface area (Å²) in [7, 11) is 0. The molecule has 0 saturated heterocycles. The summed E-state index contributed by atoms with van der Waals surface area (Å²) in [5.41, 5.74) is 1.66. The molecule has 1 amide bonds. The van der Waals surface area contributed by atoms with Crippen LogP contribution in [0.4, 0.5) is 5.69 Å². The molecule has 2 rings (SSSR count). The number of hydrogen-bond donors (Lipinski definition) is 1. The predicted octanol–water partition coefficient (Wildman–Crippen LogP) is 1.99. The molecule has 88 valence electrons. The Bertz CT molecular complexity index is 524. The highest BCUT2D eigenvalue weighted by Gasteiger charge is 2.08. The molecular formula is C11H11BrN4O. The van der Waals surface area contributed by atoms with Gasteiger partial charge in [-0.2, -0.15) is 5.10 Å². The van der Waals surface area contributed by atoms with Gasteiger partial charge in [0.05, 0.1) is 16.4 Å². The second-order valence-corrected chi connectivity index (χ2v) is 4.37. The highest BCUT2D eigenvalue weighted by Crippen LogP contribution is 2.14. The number of hydrogen-bond acceptors (Lipinski definition) is 3. The Balaban J connectivity index is 2.01. The monoisotopic (exact) mass is 294 g/mol. The van der Waals surface area contributed by atoms with Gasteiger partial charge in [-0.05, 0) is 35.0 Å². The Morgan fingerprint density at radius 2 is 2.18 bits per heavy atom. The van der Waals surface area contributed by atoms with Crippen molar-refractivity contribution in [2.45, 2.75) is 13.5 Å². The first kappa shape index (κ1) is 11.8. The van der Waals surface area contributed by atoms with Gasteiger partial charge in [-0.15, -0.1) is 0 Å². The number of halogens is 1. The number of pyridine rings is 1. The van der Waals surface area contributed by atoms with Crippen LogP contribution in [0, 0.1) is 6.92 Å². The van der Waals surface area contributed by atoms with Crippen LogP contribution in [0.1, 0.15) is 5.69 Å². The smallest absolute Gasteiger partial charge is 0.246 e. The third kappa shape index (κ3) is 2.91. The number of nitrogens with one attached hydrogen (secondary N) is 1. The maximum Gasteiger partial charge on any atom is 0.246 e. The van der Waals surface area contributed by atoms with Crippen LogP contribution in [0.3, 0.4) is 0 Å². The zero-order valence-corrected chi connectivity index (χ0v) is 10.8. The zero-order valence-electron chi connectivity index (χ0n) is 9.22. The van der Waals surface area contributed by atoms with E-state index in [2.05, 4.69) is 31.3 Å². The molecule has 5 nitrogen and oxygen atoms in total. The number of carbonyl (C=O) groups excluding carboxylic acids is 1. The summed E-state index contributed by atoms with van der Waals surface area (Å²) in [5.74, 6) is -0.116. The lowest BCUT2D eigenvalue weighted by Gasteiger charge is -2.06. The largest absolute Gasteiger partial charge is 0.324 e. The predicted molar refractivity (Wildman–Crippen MR) is 67.5 cm³/mol. The molecule has 0 radical (unpaired) electrons. The van der Waals surface area contributed by atoms with E-state index in [9.17, 15) is 4.79 Å². The minimum absolute atomic E-state index is 0.116. The van der Waals surface area contributed by atoms with Crippen LogP contribution in [0.25, 0.3) is 0 Å². The summed E-state index contributed by atoms with van der Waals surface area (Å²) < 4.78 is 2.54. The van der Waals surface area contributed by atoms with Gasteiger partial charge in [-0.25, -0.2) is 0 Å². The summed E-state index contributed by atoms with van der Waals surface area (Å²) in [4.78, 5) is 15.6. The molecule has 0 aliphatic carbocycles. The third-order valence-electron chi connectivity index (χ3n) is 2.30. The van der Waals surface area contributed by atoms with Gasteiger partial charge in [0.1, 0.15) is 6.54 Å². The van der Waals surface area contributed by atoms with Crippen molar-refractivity contribution in [1.29, 1.82) is 0 Å². The Kier molecular flexibility index (Phi) is 3.53. The van der Waals surface area contributed by atoms with Gasteiger partial charge < -0.3 is 5.32 Å². The lowest BCUT2D eigenvalue weighted by Crippen LogP contribution is -2.20. The van der Waals surface area contributed by atoms with Crippen molar-refractivity contribution >= 4 is 27.5 Å². The van der Waals surface area contributed by atoms with Crippen molar-refractivity contribution in [2.24, 2.45) is 0 Å². The van der Waals surface area contributed by atoms with Gasteiger partial charge in [0.2, 0.25) is 5.91 Å². The van der Waals surface area contributed by atoms with E-state index in [-0.39, 0.29) is 12.5 Å². The highest BCUT2D eigenvalue weighted by atomic mass is 79.9. The van der Waals surface area contributed by atoms with Crippen molar-refractivity contribution < 1.29 is 4.79 Å². The maximum atomic E-state index is 11.7. The normalized spacial score (nSPS) is 10.2. The number of anilines is 1. The Morgan fingerprint density at radius 1 is 1.47 bits per heavy atom. The van der Waals surface area contributed by atoms with Gasteiger partial charge >= 0.3 is 0 Å². The lowest BCUT2D eigenvalue weighted by atomic mass is 10.4. The molecule has 0 unspecified atom stereocenters. The Labute approximate surface area is 107 Å². The maximum absolute atomic E-state index is 11.7. The molecule has 0 fully saturated rings. The molecule has 0 saturated carbocycles. The molecule has 0 aromatic carbocycles. The minimum Gasteiger partial charge on any atom is -0.324 e. The van der Waals surface area contributed by atoms with Gasteiger partial charge in [0.15, 0.2) is 0 Å². The van der Waals surface area contributed by atoms with Crippen LogP contribution in [-0.2, 0) is 11.3 Å².